The highest BCUT2D eigenvalue weighted by atomic mass is 19.3. The zero-order valence-electron chi connectivity index (χ0n) is 17.4. The Hall–Kier alpha value is -3.96. The minimum Gasteiger partial charge on any atom is -0.493 e. The second-order valence-electron chi connectivity index (χ2n) is 6.21. The number of hydrogen-bond acceptors (Lipinski definition) is 8. The first-order chi connectivity index (χ1) is 15.7. The van der Waals surface area contributed by atoms with Crippen molar-refractivity contribution in [3.8, 4) is 28.7 Å². The molecule has 12 heteroatoms. The summed E-state index contributed by atoms with van der Waals surface area (Å²) in [5.41, 5.74) is 0.463. The molecule has 176 valence electrons. The first-order valence-electron chi connectivity index (χ1n) is 9.12. The van der Waals surface area contributed by atoms with Gasteiger partial charge in [-0.25, -0.2) is 9.79 Å². The van der Waals surface area contributed by atoms with Gasteiger partial charge in [-0.05, 0) is 42.0 Å². The van der Waals surface area contributed by atoms with Crippen LogP contribution in [0.1, 0.15) is 11.1 Å². The van der Waals surface area contributed by atoms with Gasteiger partial charge >= 0.3 is 19.2 Å². The van der Waals surface area contributed by atoms with Gasteiger partial charge in [0.05, 0.1) is 21.3 Å². The third-order valence-corrected chi connectivity index (χ3v) is 4.24. The van der Waals surface area contributed by atoms with Crippen LogP contribution < -0.4 is 23.7 Å². The van der Waals surface area contributed by atoms with E-state index in [9.17, 15) is 22.4 Å². The van der Waals surface area contributed by atoms with Crippen LogP contribution in [-0.4, -0.2) is 46.4 Å². The van der Waals surface area contributed by atoms with E-state index >= 15 is 0 Å². The lowest BCUT2D eigenvalue weighted by Gasteiger charge is -2.14. The molecule has 0 spiro atoms. The lowest BCUT2D eigenvalue weighted by atomic mass is 10.1. The number of esters is 1. The zero-order valence-corrected chi connectivity index (χ0v) is 17.4. The molecular weight excluding hydrogens is 454 g/mol. The van der Waals surface area contributed by atoms with E-state index in [1.165, 1.54) is 57.7 Å². The average molecular weight is 471 g/mol. The Kier molecular flexibility index (Phi) is 7.26. The number of hydrogen-bond donors (Lipinski definition) is 0. The summed E-state index contributed by atoms with van der Waals surface area (Å²) >= 11 is 0. The molecule has 0 bridgehead atoms. The molecule has 8 nitrogen and oxygen atoms in total. The molecule has 0 aliphatic carbocycles. The largest absolute Gasteiger partial charge is 0.493 e. The Morgan fingerprint density at radius 2 is 1.45 bits per heavy atom. The highest BCUT2D eigenvalue weighted by Gasteiger charge is 2.26. The van der Waals surface area contributed by atoms with E-state index in [4.69, 9.17) is 18.9 Å². The zero-order chi connectivity index (χ0) is 24.1. The van der Waals surface area contributed by atoms with Crippen molar-refractivity contribution < 1.29 is 50.8 Å². The van der Waals surface area contributed by atoms with E-state index in [1.54, 1.807) is 0 Å². The molecule has 0 amide bonds. The first-order valence-corrected chi connectivity index (χ1v) is 9.12. The minimum atomic E-state index is -3.11. The number of benzene rings is 2. The van der Waals surface area contributed by atoms with Crippen molar-refractivity contribution in [1.82, 2.24) is 0 Å². The van der Waals surface area contributed by atoms with Crippen LogP contribution in [0.3, 0.4) is 0 Å². The highest BCUT2D eigenvalue weighted by molar-refractivity contribution is 6.13. The number of carbonyl (C=O) groups is 1. The van der Waals surface area contributed by atoms with E-state index in [2.05, 4.69) is 14.5 Å². The van der Waals surface area contributed by atoms with Gasteiger partial charge in [0.15, 0.2) is 28.7 Å². The number of alkyl halides is 4. The number of halogens is 4. The fourth-order valence-electron chi connectivity index (χ4n) is 2.87. The molecule has 3 rings (SSSR count). The predicted octanol–water partition coefficient (Wildman–Crippen LogP) is 4.26. The highest BCUT2D eigenvalue weighted by Crippen LogP contribution is 2.40. The fourth-order valence-corrected chi connectivity index (χ4v) is 2.87. The van der Waals surface area contributed by atoms with Crippen LogP contribution in [0.5, 0.6) is 28.7 Å². The molecule has 1 heterocycles. The Morgan fingerprint density at radius 1 is 0.848 bits per heavy atom. The summed E-state index contributed by atoms with van der Waals surface area (Å²) in [7, 11) is 3.76. The monoisotopic (exact) mass is 471 g/mol. The number of carbonyl (C=O) groups excluding carboxylic acids is 1. The first kappa shape index (κ1) is 23.7. The molecule has 0 saturated heterocycles. The molecule has 0 unspecified atom stereocenters. The predicted molar refractivity (Wildman–Crippen MR) is 106 cm³/mol. The summed E-state index contributed by atoms with van der Waals surface area (Å²) in [5.74, 6) is -1.57. The van der Waals surface area contributed by atoms with E-state index in [-0.39, 0.29) is 45.9 Å². The normalized spacial score (nSPS) is 14.4. The molecule has 0 aromatic heterocycles. The van der Waals surface area contributed by atoms with Gasteiger partial charge in [0.1, 0.15) is 0 Å². The Morgan fingerprint density at radius 3 is 2.00 bits per heavy atom. The van der Waals surface area contributed by atoms with Gasteiger partial charge in [-0.15, -0.1) is 0 Å². The summed E-state index contributed by atoms with van der Waals surface area (Å²) < 4.78 is 79.5. The molecule has 0 N–H and O–H groups in total. The van der Waals surface area contributed by atoms with Crippen LogP contribution in [0.15, 0.2) is 41.0 Å². The number of cyclic esters (lactones) is 1. The van der Waals surface area contributed by atoms with Gasteiger partial charge in [0.25, 0.3) is 0 Å². The number of aliphatic imine (C=N–C) groups is 1. The summed E-state index contributed by atoms with van der Waals surface area (Å²) in [6.07, 6.45) is 1.32. The second kappa shape index (κ2) is 10.1. The molecule has 1 aliphatic rings. The van der Waals surface area contributed by atoms with Crippen molar-refractivity contribution in [3.63, 3.8) is 0 Å². The Bertz CT molecular complexity index is 1080. The number of nitrogens with zero attached hydrogens (tertiary/aromatic N) is 1. The molecular formula is C21H17F4NO7. The van der Waals surface area contributed by atoms with E-state index < -0.39 is 19.2 Å². The minimum absolute atomic E-state index is 0.0203. The maximum absolute atomic E-state index is 12.7. The van der Waals surface area contributed by atoms with Crippen LogP contribution >= 0.6 is 0 Å². The van der Waals surface area contributed by atoms with Gasteiger partial charge < -0.3 is 28.4 Å². The van der Waals surface area contributed by atoms with Gasteiger partial charge in [-0.2, -0.15) is 17.6 Å². The van der Waals surface area contributed by atoms with Crippen molar-refractivity contribution >= 4 is 17.9 Å². The number of methoxy groups -OCH3 is 3. The van der Waals surface area contributed by atoms with Crippen molar-refractivity contribution in [1.29, 1.82) is 0 Å². The second-order valence-corrected chi connectivity index (χ2v) is 6.21. The van der Waals surface area contributed by atoms with Gasteiger partial charge in [0.2, 0.25) is 11.6 Å². The van der Waals surface area contributed by atoms with Crippen LogP contribution in [0, 0.1) is 0 Å². The molecule has 1 aliphatic heterocycles. The van der Waals surface area contributed by atoms with Crippen LogP contribution in [0.25, 0.3) is 6.08 Å². The standard InChI is InChI=1S/C21H17F4NO7/c1-28-14-9-11(4-5-13(14)31-20(22)23)18-26-12(19(27)33-18)6-10-7-15(29-2)17(32-21(24)25)16(8-10)30-3/h4-9,20-21H,1-3H3/b12-6+. The summed E-state index contributed by atoms with van der Waals surface area (Å²) in [6, 6.07) is 6.57. The molecule has 33 heavy (non-hydrogen) atoms. The lowest BCUT2D eigenvalue weighted by molar-refractivity contribution is -0.129. The average Bonchev–Trinajstić information content (AvgIpc) is 3.14. The van der Waals surface area contributed by atoms with Crippen molar-refractivity contribution in [2.75, 3.05) is 21.3 Å². The molecule has 0 fully saturated rings. The smallest absolute Gasteiger partial charge is 0.387 e. The lowest BCUT2D eigenvalue weighted by Crippen LogP contribution is -2.07. The van der Waals surface area contributed by atoms with Gasteiger partial charge in [0, 0.05) is 5.56 Å². The molecule has 0 saturated carbocycles. The third kappa shape index (κ3) is 5.45. The Balaban J connectivity index is 1.96. The van der Waals surface area contributed by atoms with Crippen LogP contribution in [0.2, 0.25) is 0 Å². The number of rotatable bonds is 9. The van der Waals surface area contributed by atoms with E-state index in [1.807, 2.05) is 0 Å². The number of ether oxygens (including phenoxy) is 6. The van der Waals surface area contributed by atoms with Crippen molar-refractivity contribution in [3.05, 3.63) is 47.2 Å². The maximum Gasteiger partial charge on any atom is 0.387 e. The SMILES string of the molecule is COc1cc(C2=N/C(=C/c3cc(OC)c(OC(F)F)c(OC)c3)C(=O)O2)ccc1OC(F)F. The quantitative estimate of drug-likeness (QED) is 0.307. The van der Waals surface area contributed by atoms with Gasteiger partial charge in [-0.3, -0.25) is 0 Å². The summed E-state index contributed by atoms with van der Waals surface area (Å²) in [4.78, 5) is 16.4. The Labute approximate surface area is 184 Å². The molecule has 2 aromatic carbocycles. The summed E-state index contributed by atoms with van der Waals surface area (Å²) in [6.45, 7) is -6.16. The van der Waals surface area contributed by atoms with Gasteiger partial charge in [-0.1, -0.05) is 0 Å². The van der Waals surface area contributed by atoms with Crippen LogP contribution in [0.4, 0.5) is 17.6 Å². The fraction of sp³-hybridized carbons (Fsp3) is 0.238. The molecule has 0 radical (unpaired) electrons. The van der Waals surface area contributed by atoms with Crippen molar-refractivity contribution in [2.24, 2.45) is 4.99 Å². The van der Waals surface area contributed by atoms with E-state index in [0.29, 0.717) is 5.56 Å². The van der Waals surface area contributed by atoms with Crippen LogP contribution in [-0.2, 0) is 9.53 Å². The third-order valence-electron chi connectivity index (χ3n) is 4.24. The summed E-state index contributed by atoms with van der Waals surface area (Å²) in [5, 5.41) is 0. The van der Waals surface area contributed by atoms with E-state index in [0.717, 1.165) is 0 Å². The van der Waals surface area contributed by atoms with Crippen molar-refractivity contribution in [2.45, 2.75) is 13.2 Å². The topological polar surface area (TPSA) is 84.8 Å². The molecule has 0 atom stereocenters. The maximum atomic E-state index is 12.7. The molecule has 2 aromatic rings.